The number of hydrogen-bond acceptors (Lipinski definition) is 5. The van der Waals surface area contributed by atoms with Crippen molar-refractivity contribution >= 4 is 40.4 Å². The molecule has 0 aliphatic rings. The van der Waals surface area contributed by atoms with E-state index in [4.69, 9.17) is 4.42 Å². The van der Waals surface area contributed by atoms with Crippen molar-refractivity contribution in [2.45, 2.75) is 19.0 Å². The predicted octanol–water partition coefficient (Wildman–Crippen LogP) is 4.76. The van der Waals surface area contributed by atoms with Crippen LogP contribution in [-0.2, 0) is 11.0 Å². The van der Waals surface area contributed by atoms with E-state index in [0.717, 1.165) is 12.1 Å². The summed E-state index contributed by atoms with van der Waals surface area (Å²) in [5, 5.41) is 10.6. The largest absolute Gasteiger partial charge is 0.459 e. The number of anilines is 2. The Kier molecular flexibility index (Phi) is 7.31. The van der Waals surface area contributed by atoms with Crippen LogP contribution in [0.15, 0.2) is 57.8 Å². The van der Waals surface area contributed by atoms with Gasteiger partial charge in [-0.25, -0.2) is 0 Å². The number of halogens is 3. The highest BCUT2D eigenvalue weighted by molar-refractivity contribution is 7.08. The third kappa shape index (κ3) is 6.20. The van der Waals surface area contributed by atoms with Crippen LogP contribution in [0.4, 0.5) is 24.5 Å². The summed E-state index contributed by atoms with van der Waals surface area (Å²) < 4.78 is 45.4. The molecule has 0 unspecified atom stereocenters. The molecule has 3 rings (SSSR count). The molecule has 0 atom stereocenters. The zero-order valence-corrected chi connectivity index (χ0v) is 17.3. The van der Waals surface area contributed by atoms with Crippen LogP contribution in [0, 0.1) is 0 Å². The summed E-state index contributed by atoms with van der Waals surface area (Å²) in [5.41, 5.74) is -1.13. The summed E-state index contributed by atoms with van der Waals surface area (Å²) in [6.07, 6.45) is -3.33. The molecule has 0 spiro atoms. The summed E-state index contributed by atoms with van der Waals surface area (Å²) in [4.78, 5) is 35.9. The normalized spacial score (nSPS) is 11.1. The molecule has 0 radical (unpaired) electrons. The van der Waals surface area contributed by atoms with Gasteiger partial charge < -0.3 is 20.4 Å². The van der Waals surface area contributed by atoms with Gasteiger partial charge in [0, 0.05) is 29.6 Å². The number of carbonyl (C=O) groups is 3. The standard InChI is InChI=1S/C21H18F3N3O4S/c22-21(23,24)15-11-14(26-20(30)17-3-2-9-31-17)5-6-16(15)27-18(28)4-1-8-25-19(29)13-7-10-32-12-13/h2-3,5-7,9-12H,1,4,8H2,(H,25,29)(H,26,30)(H,27,28). The summed E-state index contributed by atoms with van der Waals surface area (Å²) in [7, 11) is 0. The highest BCUT2D eigenvalue weighted by Gasteiger charge is 2.34. The molecule has 1 aromatic carbocycles. The Bertz CT molecular complexity index is 1080. The molecule has 0 bridgehead atoms. The second kappa shape index (κ2) is 10.1. The van der Waals surface area contributed by atoms with Gasteiger partial charge in [-0.15, -0.1) is 0 Å². The maximum Gasteiger partial charge on any atom is 0.418 e. The Morgan fingerprint density at radius 3 is 2.50 bits per heavy atom. The number of carbonyl (C=O) groups excluding carboxylic acids is 3. The molecule has 0 aliphatic carbocycles. The molecule has 11 heteroatoms. The van der Waals surface area contributed by atoms with Gasteiger partial charge in [-0.1, -0.05) is 0 Å². The third-order valence-corrected chi connectivity index (χ3v) is 4.93. The summed E-state index contributed by atoms with van der Waals surface area (Å²) in [6.45, 7) is 0.200. The molecule has 2 heterocycles. The molecule has 7 nitrogen and oxygen atoms in total. The van der Waals surface area contributed by atoms with Crippen LogP contribution in [0.25, 0.3) is 0 Å². The van der Waals surface area contributed by atoms with E-state index in [1.54, 1.807) is 16.8 Å². The number of rotatable bonds is 8. The molecule has 168 valence electrons. The van der Waals surface area contributed by atoms with E-state index < -0.39 is 29.2 Å². The predicted molar refractivity (Wildman–Crippen MR) is 113 cm³/mol. The third-order valence-electron chi connectivity index (χ3n) is 4.25. The van der Waals surface area contributed by atoms with E-state index >= 15 is 0 Å². The monoisotopic (exact) mass is 465 g/mol. The zero-order chi connectivity index (χ0) is 23.1. The fourth-order valence-corrected chi connectivity index (χ4v) is 3.36. The SMILES string of the molecule is O=C(CCCNC(=O)c1ccsc1)Nc1ccc(NC(=O)c2ccco2)cc1C(F)(F)F. The van der Waals surface area contributed by atoms with Crippen LogP contribution in [0.1, 0.15) is 39.3 Å². The van der Waals surface area contributed by atoms with E-state index in [1.165, 1.54) is 35.8 Å². The maximum absolute atomic E-state index is 13.5. The first-order chi connectivity index (χ1) is 15.2. The highest BCUT2D eigenvalue weighted by atomic mass is 32.1. The molecule has 3 amide bonds. The first kappa shape index (κ1) is 23.1. The quantitative estimate of drug-likeness (QED) is 0.418. The van der Waals surface area contributed by atoms with E-state index in [9.17, 15) is 27.6 Å². The maximum atomic E-state index is 13.5. The Labute approximate surface area is 184 Å². The van der Waals surface area contributed by atoms with Crippen molar-refractivity contribution in [3.05, 3.63) is 70.3 Å². The summed E-state index contributed by atoms with van der Waals surface area (Å²) >= 11 is 1.38. The van der Waals surface area contributed by atoms with Gasteiger partial charge in [0.25, 0.3) is 11.8 Å². The fourth-order valence-electron chi connectivity index (χ4n) is 2.73. The number of hydrogen-bond donors (Lipinski definition) is 3. The molecule has 32 heavy (non-hydrogen) atoms. The van der Waals surface area contributed by atoms with Crippen molar-refractivity contribution in [3.8, 4) is 0 Å². The van der Waals surface area contributed by atoms with E-state index in [-0.39, 0.29) is 36.7 Å². The lowest BCUT2D eigenvalue weighted by atomic mass is 10.1. The molecule has 3 N–H and O–H groups in total. The van der Waals surface area contributed by atoms with Gasteiger partial charge in [-0.2, -0.15) is 24.5 Å². The minimum Gasteiger partial charge on any atom is -0.459 e. The van der Waals surface area contributed by atoms with Crippen LogP contribution < -0.4 is 16.0 Å². The van der Waals surface area contributed by atoms with Crippen molar-refractivity contribution in [2.24, 2.45) is 0 Å². The van der Waals surface area contributed by atoms with Gasteiger partial charge in [0.2, 0.25) is 5.91 Å². The average molecular weight is 465 g/mol. The molecule has 0 fully saturated rings. The minimum absolute atomic E-state index is 0.0537. The van der Waals surface area contributed by atoms with Gasteiger partial charge >= 0.3 is 6.18 Å². The Balaban J connectivity index is 1.57. The molecule has 2 aromatic heterocycles. The van der Waals surface area contributed by atoms with Crippen LogP contribution in [0.3, 0.4) is 0 Å². The van der Waals surface area contributed by atoms with Crippen LogP contribution in [0.2, 0.25) is 0 Å². The Morgan fingerprint density at radius 2 is 1.84 bits per heavy atom. The minimum atomic E-state index is -4.76. The van der Waals surface area contributed by atoms with Crippen molar-refractivity contribution in [1.29, 1.82) is 0 Å². The first-order valence-corrected chi connectivity index (χ1v) is 10.3. The molecular weight excluding hydrogens is 447 g/mol. The first-order valence-electron chi connectivity index (χ1n) is 9.40. The van der Waals surface area contributed by atoms with Gasteiger partial charge in [0.15, 0.2) is 5.76 Å². The molecule has 0 saturated carbocycles. The lowest BCUT2D eigenvalue weighted by molar-refractivity contribution is -0.136. The molecule has 3 aromatic rings. The van der Waals surface area contributed by atoms with Crippen molar-refractivity contribution in [2.75, 3.05) is 17.2 Å². The number of thiophene rings is 1. The van der Waals surface area contributed by atoms with Gasteiger partial charge in [-0.05, 0) is 48.2 Å². The van der Waals surface area contributed by atoms with Gasteiger partial charge in [0.1, 0.15) is 0 Å². The van der Waals surface area contributed by atoms with Crippen molar-refractivity contribution in [1.82, 2.24) is 5.32 Å². The topological polar surface area (TPSA) is 100 Å². The number of amides is 3. The summed E-state index contributed by atoms with van der Waals surface area (Å²) in [5.74, 6) is -1.67. The number of furan rings is 1. The lowest BCUT2D eigenvalue weighted by Gasteiger charge is -2.15. The Morgan fingerprint density at radius 1 is 1.03 bits per heavy atom. The Hall–Kier alpha value is -3.60. The number of alkyl halides is 3. The van der Waals surface area contributed by atoms with Gasteiger partial charge in [0.05, 0.1) is 17.5 Å². The second-order valence-electron chi connectivity index (χ2n) is 6.61. The van der Waals surface area contributed by atoms with E-state index in [1.807, 2.05) is 0 Å². The number of nitrogens with one attached hydrogen (secondary N) is 3. The highest BCUT2D eigenvalue weighted by Crippen LogP contribution is 2.36. The van der Waals surface area contributed by atoms with E-state index in [2.05, 4.69) is 16.0 Å². The smallest absolute Gasteiger partial charge is 0.418 e. The second-order valence-corrected chi connectivity index (χ2v) is 7.39. The lowest BCUT2D eigenvalue weighted by Crippen LogP contribution is -2.25. The molecule has 0 saturated heterocycles. The van der Waals surface area contributed by atoms with Crippen molar-refractivity contribution in [3.63, 3.8) is 0 Å². The van der Waals surface area contributed by atoms with Gasteiger partial charge in [-0.3, -0.25) is 14.4 Å². The average Bonchev–Trinajstić information content (AvgIpc) is 3.45. The summed E-state index contributed by atoms with van der Waals surface area (Å²) in [6, 6.07) is 7.55. The molecule has 0 aliphatic heterocycles. The fraction of sp³-hybridized carbons (Fsp3) is 0.190. The number of benzene rings is 1. The van der Waals surface area contributed by atoms with Crippen LogP contribution in [0.5, 0.6) is 0 Å². The van der Waals surface area contributed by atoms with E-state index in [0.29, 0.717) is 5.56 Å². The van der Waals surface area contributed by atoms with Crippen LogP contribution >= 0.6 is 11.3 Å². The zero-order valence-electron chi connectivity index (χ0n) is 16.5. The van der Waals surface area contributed by atoms with Crippen LogP contribution in [-0.4, -0.2) is 24.3 Å². The molecular formula is C21H18F3N3O4S. The van der Waals surface area contributed by atoms with Crippen molar-refractivity contribution < 1.29 is 32.0 Å².